The molecule has 0 aromatic rings. The van der Waals surface area contributed by atoms with Gasteiger partial charge in [0.25, 0.3) is 11.9 Å². The molecule has 30 heavy (non-hydrogen) atoms. The highest BCUT2D eigenvalue weighted by Crippen LogP contribution is 2.40. The molecule has 1 spiro atoms. The van der Waals surface area contributed by atoms with Crippen LogP contribution in [-0.4, -0.2) is 62.2 Å². The van der Waals surface area contributed by atoms with E-state index in [1.165, 1.54) is 0 Å². The first-order chi connectivity index (χ1) is 13.6. The number of aliphatic carboxylic acids is 1. The van der Waals surface area contributed by atoms with Crippen molar-refractivity contribution >= 4 is 5.97 Å². The zero-order valence-corrected chi connectivity index (χ0v) is 20.3. The van der Waals surface area contributed by atoms with Crippen molar-refractivity contribution in [2.45, 2.75) is 92.2 Å². The molecule has 2 aliphatic heterocycles. The Labute approximate surface area is 181 Å². The van der Waals surface area contributed by atoms with Gasteiger partial charge in [-0.1, -0.05) is 41.5 Å². The number of hydrogen-bond acceptors (Lipinski definition) is 7. The molecule has 1 N–H and O–H groups in total. The third-order valence-corrected chi connectivity index (χ3v) is 4.58. The van der Waals surface area contributed by atoms with Crippen LogP contribution < -0.4 is 0 Å². The van der Waals surface area contributed by atoms with Crippen molar-refractivity contribution in [2.24, 2.45) is 10.8 Å². The first-order valence-electron chi connectivity index (χ1n) is 10.7. The summed E-state index contributed by atoms with van der Waals surface area (Å²) < 4.78 is 34.7. The van der Waals surface area contributed by atoms with Gasteiger partial charge < -0.3 is 33.5 Å². The van der Waals surface area contributed by atoms with Crippen LogP contribution in [0.3, 0.4) is 0 Å². The van der Waals surface area contributed by atoms with Gasteiger partial charge >= 0.3 is 5.97 Å². The average Bonchev–Trinajstić information content (AvgIpc) is 2.62. The molecule has 0 amide bonds. The third-order valence-electron chi connectivity index (χ3n) is 4.58. The van der Waals surface area contributed by atoms with Crippen LogP contribution in [0.25, 0.3) is 0 Å². The molecular formula is C22H42O8. The number of carboxylic acid groups (broad SMARTS) is 1. The van der Waals surface area contributed by atoms with Crippen molar-refractivity contribution in [3.8, 4) is 0 Å². The molecule has 2 saturated heterocycles. The second-order valence-corrected chi connectivity index (χ2v) is 10.4. The van der Waals surface area contributed by atoms with Crippen molar-refractivity contribution < 1.29 is 38.3 Å². The lowest BCUT2D eigenvalue weighted by Crippen LogP contribution is -2.60. The molecule has 0 aliphatic carbocycles. The van der Waals surface area contributed by atoms with Crippen LogP contribution in [0.15, 0.2) is 0 Å². The van der Waals surface area contributed by atoms with Gasteiger partial charge in [0.2, 0.25) is 0 Å². The van der Waals surface area contributed by atoms with E-state index < -0.39 is 28.9 Å². The molecule has 0 unspecified atom stereocenters. The molecule has 0 aromatic heterocycles. The number of carbonyl (C=O) groups is 1. The normalized spacial score (nSPS) is 32.4. The fraction of sp³-hybridized carbons (Fsp3) is 0.955. The Hall–Kier alpha value is -0.770. The van der Waals surface area contributed by atoms with Crippen LogP contribution in [-0.2, 0) is 33.2 Å². The summed E-state index contributed by atoms with van der Waals surface area (Å²) in [4.78, 5) is 11.0. The summed E-state index contributed by atoms with van der Waals surface area (Å²) in [6, 6.07) is 0. The number of hydrogen-bond donors (Lipinski definition) is 1. The summed E-state index contributed by atoms with van der Waals surface area (Å²) in [5.41, 5.74) is -0.852. The number of carboxylic acids is 1. The highest BCUT2D eigenvalue weighted by Gasteiger charge is 2.52. The third kappa shape index (κ3) is 8.40. The Kier molecular flexibility index (Phi) is 9.30. The minimum Gasteiger partial charge on any atom is -0.481 e. The van der Waals surface area contributed by atoms with Gasteiger partial charge in [0, 0.05) is 20.0 Å². The summed E-state index contributed by atoms with van der Waals surface area (Å²) in [6.07, 6.45) is 0.864. The topological polar surface area (TPSA) is 92.7 Å². The molecule has 8 heteroatoms. The van der Waals surface area contributed by atoms with E-state index in [0.717, 1.165) is 0 Å². The molecule has 2 aliphatic rings. The Morgan fingerprint density at radius 2 is 1.23 bits per heavy atom. The van der Waals surface area contributed by atoms with E-state index in [9.17, 15) is 4.79 Å². The van der Waals surface area contributed by atoms with Crippen LogP contribution in [0.1, 0.15) is 74.7 Å². The molecule has 2 fully saturated rings. The van der Waals surface area contributed by atoms with Crippen molar-refractivity contribution in [3.05, 3.63) is 0 Å². The molecule has 0 saturated carbocycles. The molecule has 2 rings (SSSR count). The number of methoxy groups -OCH3 is 1. The monoisotopic (exact) mass is 434 g/mol. The van der Waals surface area contributed by atoms with Crippen molar-refractivity contribution in [1.29, 1.82) is 0 Å². The summed E-state index contributed by atoms with van der Waals surface area (Å²) in [6.45, 7) is 17.4. The molecule has 0 aromatic carbocycles. The van der Waals surface area contributed by atoms with Crippen LogP contribution in [0.5, 0.6) is 0 Å². The van der Waals surface area contributed by atoms with E-state index in [0.29, 0.717) is 44.7 Å². The molecule has 0 bridgehead atoms. The standard InChI is InChI=1S/C17H30O8.C5H12/c1-6-16(20-5)21-9-15(10-22-16)11-23-17(7-2,24-12-15)25-14(3,4)8-13(18)19;1-5(2,3)4/h6-12H2,1-5H3,(H,18,19);1-4H3. The maximum absolute atomic E-state index is 11.0. The second kappa shape index (κ2) is 10.2. The van der Waals surface area contributed by atoms with Gasteiger partial charge in [-0.15, -0.1) is 0 Å². The lowest BCUT2D eigenvalue weighted by atomic mass is 9.90. The van der Waals surface area contributed by atoms with Crippen LogP contribution >= 0.6 is 0 Å². The van der Waals surface area contributed by atoms with E-state index in [4.69, 9.17) is 33.5 Å². The number of ether oxygens (including phenoxy) is 6. The van der Waals surface area contributed by atoms with Crippen molar-refractivity contribution in [2.75, 3.05) is 33.5 Å². The second-order valence-electron chi connectivity index (χ2n) is 10.4. The highest BCUT2D eigenvalue weighted by molar-refractivity contribution is 5.67. The van der Waals surface area contributed by atoms with Gasteiger partial charge in [0.1, 0.15) is 0 Å². The first kappa shape index (κ1) is 27.3. The maximum atomic E-state index is 11.0. The molecule has 8 nitrogen and oxygen atoms in total. The molecule has 0 atom stereocenters. The largest absolute Gasteiger partial charge is 0.481 e. The van der Waals surface area contributed by atoms with Gasteiger partial charge in [-0.2, -0.15) is 0 Å². The zero-order chi connectivity index (χ0) is 23.3. The van der Waals surface area contributed by atoms with Gasteiger partial charge in [-0.05, 0) is 19.3 Å². The Morgan fingerprint density at radius 3 is 1.53 bits per heavy atom. The summed E-state index contributed by atoms with van der Waals surface area (Å²) in [5, 5.41) is 9.02. The summed E-state index contributed by atoms with van der Waals surface area (Å²) in [5.74, 6) is -3.21. The maximum Gasteiger partial charge on any atom is 0.306 e. The van der Waals surface area contributed by atoms with Crippen molar-refractivity contribution in [1.82, 2.24) is 0 Å². The SMILES string of the molecule is CC(C)(C)C.CCC1(OC)OCC2(CO1)COC(CC)(OC(C)(C)CC(=O)O)OC2. The number of rotatable bonds is 7. The van der Waals surface area contributed by atoms with Crippen LogP contribution in [0.4, 0.5) is 0 Å². The fourth-order valence-corrected chi connectivity index (χ4v) is 3.01. The van der Waals surface area contributed by atoms with Gasteiger partial charge in [-0.25, -0.2) is 0 Å². The summed E-state index contributed by atoms with van der Waals surface area (Å²) >= 11 is 0. The summed E-state index contributed by atoms with van der Waals surface area (Å²) in [7, 11) is 1.55. The minimum atomic E-state index is -1.26. The predicted octanol–water partition coefficient (Wildman–Crippen LogP) is 4.16. The molecule has 2 heterocycles. The molecule has 178 valence electrons. The molecule has 0 radical (unpaired) electrons. The Bertz CT molecular complexity index is 522. The minimum absolute atomic E-state index is 0.147. The lowest BCUT2D eigenvalue weighted by Gasteiger charge is -2.50. The van der Waals surface area contributed by atoms with Gasteiger partial charge in [0.05, 0.1) is 43.9 Å². The van der Waals surface area contributed by atoms with E-state index in [1.54, 1.807) is 21.0 Å². The van der Waals surface area contributed by atoms with Gasteiger partial charge in [-0.3, -0.25) is 4.79 Å². The van der Waals surface area contributed by atoms with E-state index in [2.05, 4.69) is 27.7 Å². The van der Waals surface area contributed by atoms with Crippen LogP contribution in [0, 0.1) is 10.8 Å². The van der Waals surface area contributed by atoms with Crippen molar-refractivity contribution in [3.63, 3.8) is 0 Å². The Morgan fingerprint density at radius 1 is 0.867 bits per heavy atom. The fourth-order valence-electron chi connectivity index (χ4n) is 3.01. The smallest absolute Gasteiger partial charge is 0.306 e. The van der Waals surface area contributed by atoms with E-state index in [-0.39, 0.29) is 6.42 Å². The molecular weight excluding hydrogens is 392 g/mol. The Balaban J connectivity index is 0.000000804. The highest BCUT2D eigenvalue weighted by atomic mass is 16.9. The zero-order valence-electron chi connectivity index (χ0n) is 20.3. The van der Waals surface area contributed by atoms with E-state index in [1.807, 2.05) is 13.8 Å². The predicted molar refractivity (Wildman–Crippen MR) is 112 cm³/mol. The first-order valence-corrected chi connectivity index (χ1v) is 10.7. The van der Waals surface area contributed by atoms with Gasteiger partial charge in [0.15, 0.2) is 0 Å². The van der Waals surface area contributed by atoms with E-state index >= 15 is 0 Å². The quantitative estimate of drug-likeness (QED) is 0.638. The lowest BCUT2D eigenvalue weighted by molar-refractivity contribution is -0.472. The van der Waals surface area contributed by atoms with Crippen LogP contribution in [0.2, 0.25) is 0 Å². The average molecular weight is 435 g/mol.